The number of amides is 3. The van der Waals surface area contributed by atoms with Gasteiger partial charge in [-0.2, -0.15) is 0 Å². The summed E-state index contributed by atoms with van der Waals surface area (Å²) >= 11 is 0. The van der Waals surface area contributed by atoms with Crippen molar-refractivity contribution in [2.75, 3.05) is 37.6 Å². The number of urea groups is 1. The number of carbonyl (C=O) groups is 2. The summed E-state index contributed by atoms with van der Waals surface area (Å²) in [5, 5.41) is 16.1. The highest BCUT2D eigenvalue weighted by molar-refractivity contribution is 5.84. The van der Waals surface area contributed by atoms with Crippen LogP contribution < -0.4 is 15.5 Å². The zero-order valence-corrected chi connectivity index (χ0v) is 16.8. The van der Waals surface area contributed by atoms with E-state index in [2.05, 4.69) is 15.5 Å². The number of benzene rings is 2. The van der Waals surface area contributed by atoms with Gasteiger partial charge in [-0.15, -0.1) is 0 Å². The second kappa shape index (κ2) is 9.73. The lowest BCUT2D eigenvalue weighted by Gasteiger charge is -2.36. The van der Waals surface area contributed by atoms with E-state index in [4.69, 9.17) is 0 Å². The number of hydrogen-bond donors (Lipinski definition) is 2. The molecule has 0 unspecified atom stereocenters. The van der Waals surface area contributed by atoms with Gasteiger partial charge in [0.25, 0.3) is 5.69 Å². The fraction of sp³-hybridized carbons (Fsp3) is 0.333. The highest BCUT2D eigenvalue weighted by Crippen LogP contribution is 2.20. The number of carbonyl (C=O) groups excluding carboxylic acids is 2. The number of piperazine rings is 1. The molecule has 0 radical (unpaired) electrons. The Morgan fingerprint density at radius 3 is 2.20 bits per heavy atom. The number of rotatable bonds is 6. The summed E-state index contributed by atoms with van der Waals surface area (Å²) in [5.41, 5.74) is 3.09. The van der Waals surface area contributed by atoms with Gasteiger partial charge in [-0.05, 0) is 24.6 Å². The van der Waals surface area contributed by atoms with E-state index in [1.165, 1.54) is 12.1 Å². The normalized spacial score (nSPS) is 13.6. The average Bonchev–Trinajstić information content (AvgIpc) is 2.77. The summed E-state index contributed by atoms with van der Waals surface area (Å²) < 4.78 is 0. The monoisotopic (exact) mass is 411 g/mol. The Kier molecular flexibility index (Phi) is 6.84. The zero-order chi connectivity index (χ0) is 21.5. The first-order valence-electron chi connectivity index (χ1n) is 9.77. The third-order valence-corrected chi connectivity index (χ3v) is 5.03. The first-order chi connectivity index (χ1) is 14.4. The van der Waals surface area contributed by atoms with Crippen molar-refractivity contribution in [2.45, 2.75) is 13.5 Å². The van der Waals surface area contributed by atoms with E-state index in [0.717, 1.165) is 16.8 Å². The van der Waals surface area contributed by atoms with Gasteiger partial charge in [0.05, 0.1) is 11.5 Å². The molecule has 1 fully saturated rings. The SMILES string of the molecule is Cc1ccc(CNC(=O)NCC(=O)N2CCN(c3ccc([N+](=O)[O-])cc3)CC2)cc1. The fourth-order valence-electron chi connectivity index (χ4n) is 3.22. The molecule has 0 atom stereocenters. The van der Waals surface area contributed by atoms with Gasteiger partial charge in [0.15, 0.2) is 0 Å². The van der Waals surface area contributed by atoms with E-state index < -0.39 is 4.92 Å². The lowest BCUT2D eigenvalue weighted by molar-refractivity contribution is -0.384. The highest BCUT2D eigenvalue weighted by Gasteiger charge is 2.22. The topological polar surface area (TPSA) is 108 Å². The number of anilines is 1. The van der Waals surface area contributed by atoms with Crippen molar-refractivity contribution in [3.8, 4) is 0 Å². The summed E-state index contributed by atoms with van der Waals surface area (Å²) in [4.78, 5) is 38.4. The van der Waals surface area contributed by atoms with Gasteiger partial charge >= 0.3 is 6.03 Å². The second-order valence-electron chi connectivity index (χ2n) is 7.16. The molecule has 2 aromatic rings. The van der Waals surface area contributed by atoms with Gasteiger partial charge in [0.1, 0.15) is 0 Å². The Morgan fingerprint density at radius 2 is 1.60 bits per heavy atom. The molecule has 0 saturated carbocycles. The summed E-state index contributed by atoms with van der Waals surface area (Å²) in [7, 11) is 0. The Balaban J connectivity index is 1.39. The molecule has 9 heteroatoms. The Morgan fingerprint density at radius 1 is 0.967 bits per heavy atom. The van der Waals surface area contributed by atoms with Crippen molar-refractivity contribution in [3.63, 3.8) is 0 Å². The molecule has 2 N–H and O–H groups in total. The first-order valence-corrected chi connectivity index (χ1v) is 9.77. The minimum Gasteiger partial charge on any atom is -0.368 e. The Bertz CT molecular complexity index is 891. The van der Waals surface area contributed by atoms with Crippen molar-refractivity contribution < 1.29 is 14.5 Å². The van der Waals surface area contributed by atoms with Crippen LogP contribution in [0.3, 0.4) is 0 Å². The summed E-state index contributed by atoms with van der Waals surface area (Å²) in [6, 6.07) is 13.9. The van der Waals surface area contributed by atoms with Crippen LogP contribution in [0.2, 0.25) is 0 Å². The van der Waals surface area contributed by atoms with Crippen LogP contribution >= 0.6 is 0 Å². The van der Waals surface area contributed by atoms with Crippen LogP contribution in [0.5, 0.6) is 0 Å². The number of non-ortho nitro benzene ring substituents is 1. The van der Waals surface area contributed by atoms with Crippen LogP contribution in [0, 0.1) is 17.0 Å². The van der Waals surface area contributed by atoms with Crippen molar-refractivity contribution in [2.24, 2.45) is 0 Å². The van der Waals surface area contributed by atoms with Crippen LogP contribution in [0.15, 0.2) is 48.5 Å². The largest absolute Gasteiger partial charge is 0.368 e. The molecule has 2 aromatic carbocycles. The van der Waals surface area contributed by atoms with Crippen LogP contribution in [-0.4, -0.2) is 54.5 Å². The van der Waals surface area contributed by atoms with Gasteiger partial charge in [0.2, 0.25) is 5.91 Å². The van der Waals surface area contributed by atoms with Crippen LogP contribution in [0.1, 0.15) is 11.1 Å². The van der Waals surface area contributed by atoms with Gasteiger partial charge in [-0.1, -0.05) is 29.8 Å². The van der Waals surface area contributed by atoms with Crippen LogP contribution in [-0.2, 0) is 11.3 Å². The summed E-state index contributed by atoms with van der Waals surface area (Å²) in [6.45, 7) is 4.66. The number of nitro benzene ring substituents is 1. The lowest BCUT2D eigenvalue weighted by Crippen LogP contribution is -2.52. The van der Waals surface area contributed by atoms with E-state index in [1.807, 2.05) is 31.2 Å². The van der Waals surface area contributed by atoms with Crippen LogP contribution in [0.25, 0.3) is 0 Å². The minimum atomic E-state index is -0.426. The Labute approximate surface area is 174 Å². The predicted molar refractivity (Wildman–Crippen MR) is 113 cm³/mol. The van der Waals surface area contributed by atoms with Gasteiger partial charge < -0.3 is 20.4 Å². The minimum absolute atomic E-state index is 0.0549. The molecule has 1 aliphatic rings. The molecule has 1 saturated heterocycles. The molecule has 0 spiro atoms. The number of hydrogen-bond acceptors (Lipinski definition) is 5. The van der Waals surface area contributed by atoms with E-state index >= 15 is 0 Å². The quantitative estimate of drug-likeness (QED) is 0.559. The van der Waals surface area contributed by atoms with Crippen molar-refractivity contribution in [1.29, 1.82) is 0 Å². The molecule has 0 aliphatic carbocycles. The van der Waals surface area contributed by atoms with Gasteiger partial charge in [0, 0.05) is 50.5 Å². The molecule has 9 nitrogen and oxygen atoms in total. The Hall–Kier alpha value is -3.62. The van der Waals surface area contributed by atoms with Gasteiger partial charge in [-0.25, -0.2) is 4.79 Å². The maximum Gasteiger partial charge on any atom is 0.315 e. The molecule has 0 aromatic heterocycles. The van der Waals surface area contributed by atoms with E-state index in [-0.39, 0.29) is 24.2 Å². The van der Waals surface area contributed by atoms with Crippen molar-refractivity contribution in [3.05, 3.63) is 69.8 Å². The van der Waals surface area contributed by atoms with E-state index in [1.54, 1.807) is 17.0 Å². The average molecular weight is 411 g/mol. The maximum absolute atomic E-state index is 12.4. The fourth-order valence-corrected chi connectivity index (χ4v) is 3.22. The molecule has 0 bridgehead atoms. The number of nitrogens with one attached hydrogen (secondary N) is 2. The molecule has 1 heterocycles. The lowest BCUT2D eigenvalue weighted by atomic mass is 10.1. The number of nitro groups is 1. The highest BCUT2D eigenvalue weighted by atomic mass is 16.6. The van der Waals surface area contributed by atoms with Crippen molar-refractivity contribution in [1.82, 2.24) is 15.5 Å². The zero-order valence-electron chi connectivity index (χ0n) is 16.8. The maximum atomic E-state index is 12.4. The van der Waals surface area contributed by atoms with Gasteiger partial charge in [-0.3, -0.25) is 14.9 Å². The third kappa shape index (κ3) is 5.69. The summed E-state index contributed by atoms with van der Waals surface area (Å²) in [5.74, 6) is -0.135. The van der Waals surface area contributed by atoms with E-state index in [9.17, 15) is 19.7 Å². The molecule has 1 aliphatic heterocycles. The predicted octanol–water partition coefficient (Wildman–Crippen LogP) is 2.05. The third-order valence-electron chi connectivity index (χ3n) is 5.03. The van der Waals surface area contributed by atoms with Crippen molar-refractivity contribution >= 4 is 23.3 Å². The number of nitrogens with zero attached hydrogens (tertiary/aromatic N) is 3. The molecular weight excluding hydrogens is 386 g/mol. The molecule has 30 heavy (non-hydrogen) atoms. The summed E-state index contributed by atoms with van der Waals surface area (Å²) in [6.07, 6.45) is 0. The first kappa shape index (κ1) is 21.1. The number of aryl methyl sites for hydroxylation is 1. The smallest absolute Gasteiger partial charge is 0.315 e. The molecule has 3 rings (SSSR count). The molecule has 158 valence electrons. The van der Waals surface area contributed by atoms with Crippen LogP contribution in [0.4, 0.5) is 16.2 Å². The standard InChI is InChI=1S/C21H25N5O4/c1-16-2-4-17(5-3-16)14-22-21(28)23-15-20(27)25-12-10-24(11-13-25)18-6-8-19(9-7-18)26(29)30/h2-9H,10-15H2,1H3,(H2,22,23,28). The molecular formula is C21H25N5O4. The second-order valence-corrected chi connectivity index (χ2v) is 7.16. The van der Waals surface area contributed by atoms with E-state index in [0.29, 0.717) is 32.7 Å². The molecule has 3 amide bonds.